The Kier molecular flexibility index (Phi) is 13.6. The summed E-state index contributed by atoms with van der Waals surface area (Å²) in [6.45, 7) is 5.53. The van der Waals surface area contributed by atoms with E-state index >= 15 is 0 Å². The Morgan fingerprint density at radius 2 is 1.96 bits per heavy atom. The number of nitrogens with zero attached hydrogens (tertiary/aromatic N) is 3. The van der Waals surface area contributed by atoms with Gasteiger partial charge in [-0.15, -0.1) is 30.6 Å². The molecule has 0 aliphatic heterocycles. The van der Waals surface area contributed by atoms with Gasteiger partial charge in [-0.1, -0.05) is 24.6 Å². The highest BCUT2D eigenvalue weighted by Gasteiger charge is 2.09. The maximum atomic E-state index is 12.1. The minimum atomic E-state index is 0. The number of allylic oxidation sites excluding steroid dienone is 1. The zero-order chi connectivity index (χ0) is 19.4. The molecule has 0 atom stereocenters. The molecule has 1 N–H and O–H groups in total. The lowest BCUT2D eigenvalue weighted by Gasteiger charge is -2.22. The number of carbonyl (C=O) groups excluding carboxylic acids is 1. The number of halogens is 1. The van der Waals surface area contributed by atoms with Crippen LogP contribution in [0.3, 0.4) is 0 Å². The third kappa shape index (κ3) is 9.79. The van der Waals surface area contributed by atoms with E-state index in [0.29, 0.717) is 0 Å². The van der Waals surface area contributed by atoms with Crippen molar-refractivity contribution >= 4 is 35.8 Å². The first-order valence-electron chi connectivity index (χ1n) is 9.32. The van der Waals surface area contributed by atoms with Crippen molar-refractivity contribution in [2.24, 2.45) is 4.99 Å². The van der Waals surface area contributed by atoms with E-state index in [1.807, 2.05) is 31.3 Å². The van der Waals surface area contributed by atoms with Gasteiger partial charge in [0, 0.05) is 46.8 Å². The number of nitrogens with one attached hydrogen (secondary N) is 1. The molecule has 0 aliphatic carbocycles. The Morgan fingerprint density at radius 3 is 2.59 bits per heavy atom. The minimum Gasteiger partial charge on any atom is -0.356 e. The summed E-state index contributed by atoms with van der Waals surface area (Å²) in [6, 6.07) is 7.82. The molecule has 0 fully saturated rings. The first kappa shape index (κ1) is 25.4. The van der Waals surface area contributed by atoms with Crippen LogP contribution >= 0.6 is 24.0 Å². The largest absolute Gasteiger partial charge is 0.356 e. The van der Waals surface area contributed by atoms with Crippen molar-refractivity contribution in [3.8, 4) is 0 Å². The number of guanidine groups is 1. The van der Waals surface area contributed by atoms with Gasteiger partial charge in [0.2, 0.25) is 0 Å². The van der Waals surface area contributed by atoms with Crippen LogP contribution in [0.5, 0.6) is 0 Å². The highest BCUT2D eigenvalue weighted by Crippen LogP contribution is 2.08. The van der Waals surface area contributed by atoms with Gasteiger partial charge < -0.3 is 15.1 Å². The molecule has 0 saturated carbocycles. The smallest absolute Gasteiger partial charge is 0.253 e. The van der Waals surface area contributed by atoms with E-state index in [1.165, 1.54) is 12.8 Å². The summed E-state index contributed by atoms with van der Waals surface area (Å²) < 4.78 is 0. The summed E-state index contributed by atoms with van der Waals surface area (Å²) in [4.78, 5) is 20.2. The van der Waals surface area contributed by atoms with E-state index in [0.717, 1.165) is 49.4 Å². The normalized spacial score (nSPS) is 10.7. The molecular formula is C21H35IN4O. The second-order valence-corrected chi connectivity index (χ2v) is 6.68. The summed E-state index contributed by atoms with van der Waals surface area (Å²) in [7, 11) is 7.42. The Bertz CT molecular complexity index is 602. The van der Waals surface area contributed by atoms with Crippen LogP contribution in [0.1, 0.15) is 41.6 Å². The summed E-state index contributed by atoms with van der Waals surface area (Å²) in [5.74, 6) is 0.945. The van der Waals surface area contributed by atoms with Gasteiger partial charge in [-0.2, -0.15) is 0 Å². The number of rotatable bonds is 10. The SMILES string of the molecule is C=CCCCCCN(C)C(=NC)NCCc1cccc(C(=O)N(C)C)c1.I. The molecule has 0 saturated heterocycles. The lowest BCUT2D eigenvalue weighted by atomic mass is 10.1. The summed E-state index contributed by atoms with van der Waals surface area (Å²) in [6.07, 6.45) is 7.48. The molecule has 0 aliphatic rings. The predicted molar refractivity (Wildman–Crippen MR) is 126 cm³/mol. The first-order valence-corrected chi connectivity index (χ1v) is 9.32. The number of aliphatic imine (C=N–C) groups is 1. The molecule has 0 spiro atoms. The molecule has 0 unspecified atom stereocenters. The van der Waals surface area contributed by atoms with Gasteiger partial charge in [-0.25, -0.2) is 0 Å². The van der Waals surface area contributed by atoms with Gasteiger partial charge in [0.1, 0.15) is 0 Å². The molecule has 27 heavy (non-hydrogen) atoms. The fourth-order valence-corrected chi connectivity index (χ4v) is 2.74. The van der Waals surface area contributed by atoms with E-state index in [1.54, 1.807) is 19.0 Å². The molecule has 1 amide bonds. The number of hydrogen-bond acceptors (Lipinski definition) is 2. The second kappa shape index (κ2) is 14.5. The van der Waals surface area contributed by atoms with Crippen LogP contribution in [0.2, 0.25) is 0 Å². The van der Waals surface area contributed by atoms with Crippen LogP contribution in [0.4, 0.5) is 0 Å². The minimum absolute atomic E-state index is 0. The molecule has 6 heteroatoms. The van der Waals surface area contributed by atoms with Crippen molar-refractivity contribution in [1.82, 2.24) is 15.1 Å². The maximum Gasteiger partial charge on any atom is 0.253 e. The van der Waals surface area contributed by atoms with Gasteiger partial charge in [0.25, 0.3) is 5.91 Å². The lowest BCUT2D eigenvalue weighted by Crippen LogP contribution is -2.40. The number of hydrogen-bond donors (Lipinski definition) is 1. The standard InChI is InChI=1S/C21H34N4O.HI/c1-6-7-8-9-10-16-25(5)21(22-2)23-15-14-18-12-11-13-19(17-18)20(26)24(3)4;/h6,11-13,17H,1,7-10,14-16H2,2-5H3,(H,22,23);1H. The number of unbranched alkanes of at least 4 members (excludes halogenated alkanes) is 3. The Morgan fingerprint density at radius 1 is 1.22 bits per heavy atom. The summed E-state index contributed by atoms with van der Waals surface area (Å²) in [5.41, 5.74) is 1.88. The number of benzene rings is 1. The van der Waals surface area contributed by atoms with Crippen molar-refractivity contribution in [3.05, 3.63) is 48.0 Å². The zero-order valence-corrected chi connectivity index (χ0v) is 19.5. The zero-order valence-electron chi connectivity index (χ0n) is 17.2. The molecule has 1 aromatic carbocycles. The van der Waals surface area contributed by atoms with Crippen molar-refractivity contribution in [1.29, 1.82) is 0 Å². The monoisotopic (exact) mass is 486 g/mol. The topological polar surface area (TPSA) is 47.9 Å². The fourth-order valence-electron chi connectivity index (χ4n) is 2.74. The van der Waals surface area contributed by atoms with Crippen LogP contribution in [0.15, 0.2) is 41.9 Å². The van der Waals surface area contributed by atoms with Crippen LogP contribution in [-0.4, -0.2) is 62.9 Å². The molecule has 5 nitrogen and oxygen atoms in total. The number of amides is 1. The van der Waals surface area contributed by atoms with Gasteiger partial charge in [-0.05, 0) is 43.4 Å². The molecule has 1 aromatic rings. The third-order valence-corrected chi connectivity index (χ3v) is 4.25. The fraction of sp³-hybridized carbons (Fsp3) is 0.524. The molecule has 1 rings (SSSR count). The molecular weight excluding hydrogens is 451 g/mol. The van der Waals surface area contributed by atoms with E-state index in [2.05, 4.69) is 34.9 Å². The van der Waals surface area contributed by atoms with E-state index in [4.69, 9.17) is 0 Å². The van der Waals surface area contributed by atoms with Crippen molar-refractivity contribution in [2.75, 3.05) is 41.3 Å². The van der Waals surface area contributed by atoms with E-state index in [-0.39, 0.29) is 29.9 Å². The molecule has 0 aromatic heterocycles. The Labute approximate surface area is 181 Å². The van der Waals surface area contributed by atoms with Crippen molar-refractivity contribution in [2.45, 2.75) is 32.1 Å². The first-order chi connectivity index (χ1) is 12.5. The van der Waals surface area contributed by atoms with E-state index in [9.17, 15) is 4.79 Å². The highest BCUT2D eigenvalue weighted by molar-refractivity contribution is 14.0. The van der Waals surface area contributed by atoms with Crippen LogP contribution in [-0.2, 0) is 6.42 Å². The summed E-state index contributed by atoms with van der Waals surface area (Å²) >= 11 is 0. The van der Waals surface area contributed by atoms with Crippen molar-refractivity contribution in [3.63, 3.8) is 0 Å². The van der Waals surface area contributed by atoms with E-state index < -0.39 is 0 Å². The van der Waals surface area contributed by atoms with Crippen LogP contribution in [0.25, 0.3) is 0 Å². The molecule has 0 bridgehead atoms. The van der Waals surface area contributed by atoms with Gasteiger partial charge in [0.05, 0.1) is 0 Å². The average molecular weight is 486 g/mol. The quantitative estimate of drug-likeness (QED) is 0.180. The summed E-state index contributed by atoms with van der Waals surface area (Å²) in [5, 5.41) is 3.41. The molecule has 0 heterocycles. The lowest BCUT2D eigenvalue weighted by molar-refractivity contribution is 0.0827. The average Bonchev–Trinajstić information content (AvgIpc) is 2.64. The Hall–Kier alpha value is -1.57. The van der Waals surface area contributed by atoms with Gasteiger partial charge in [0.15, 0.2) is 5.96 Å². The second-order valence-electron chi connectivity index (χ2n) is 6.68. The molecule has 152 valence electrons. The van der Waals surface area contributed by atoms with Gasteiger partial charge in [-0.3, -0.25) is 9.79 Å². The Balaban J connectivity index is 0.00000676. The number of carbonyl (C=O) groups is 1. The van der Waals surface area contributed by atoms with Crippen LogP contribution in [0, 0.1) is 0 Å². The molecule has 0 radical (unpaired) electrons. The van der Waals surface area contributed by atoms with Crippen LogP contribution < -0.4 is 5.32 Å². The maximum absolute atomic E-state index is 12.1. The van der Waals surface area contributed by atoms with Gasteiger partial charge >= 0.3 is 0 Å². The van der Waals surface area contributed by atoms with Crippen molar-refractivity contribution < 1.29 is 4.79 Å². The highest BCUT2D eigenvalue weighted by atomic mass is 127. The third-order valence-electron chi connectivity index (χ3n) is 4.25. The predicted octanol–water partition coefficient (Wildman–Crippen LogP) is 3.80.